The number of ether oxygens (including phenoxy) is 2. The molecule has 1 aromatic carbocycles. The number of aromatic nitrogens is 4. The largest absolute Gasteiger partial charge is 0.480 e. The van der Waals surface area contributed by atoms with Crippen LogP contribution in [0, 0.1) is 0 Å². The van der Waals surface area contributed by atoms with Crippen molar-refractivity contribution in [1.82, 2.24) is 24.4 Å². The summed E-state index contributed by atoms with van der Waals surface area (Å²) in [5.41, 5.74) is 11.9. The number of fused-ring (bicyclic) bond motifs is 1. The number of aliphatic carboxylic acids is 1. The van der Waals surface area contributed by atoms with Crippen molar-refractivity contribution < 1.29 is 33.8 Å². The van der Waals surface area contributed by atoms with Gasteiger partial charge in [-0.25, -0.2) is 9.78 Å². The van der Waals surface area contributed by atoms with Gasteiger partial charge in [-0.1, -0.05) is 30.3 Å². The van der Waals surface area contributed by atoms with Crippen molar-refractivity contribution in [2.24, 2.45) is 5.73 Å². The molecular weight excluding hydrogens is 512 g/mol. The smallest absolute Gasteiger partial charge is 0.413 e. The van der Waals surface area contributed by atoms with Gasteiger partial charge in [-0.05, 0) is 26.3 Å². The molecule has 0 spiro atoms. The van der Waals surface area contributed by atoms with Gasteiger partial charge in [0.2, 0.25) is 11.9 Å². The Morgan fingerprint density at radius 1 is 1.15 bits per heavy atom. The lowest BCUT2D eigenvalue weighted by atomic mass is 10.2. The Balaban J connectivity index is 1.74. The van der Waals surface area contributed by atoms with E-state index in [2.05, 4.69) is 20.3 Å². The zero-order valence-corrected chi connectivity index (χ0v) is 21.7. The number of esters is 1. The van der Waals surface area contributed by atoms with Crippen molar-refractivity contribution in [3.63, 3.8) is 0 Å². The van der Waals surface area contributed by atoms with Gasteiger partial charge < -0.3 is 35.5 Å². The summed E-state index contributed by atoms with van der Waals surface area (Å²) in [4.78, 5) is 62.2. The number of nitrogens with two attached hydrogens (primary N) is 2. The van der Waals surface area contributed by atoms with E-state index in [1.807, 2.05) is 18.2 Å². The summed E-state index contributed by atoms with van der Waals surface area (Å²) in [6, 6.07) is 7.76. The van der Waals surface area contributed by atoms with E-state index >= 15 is 0 Å². The molecule has 15 heteroatoms. The minimum atomic E-state index is -1.30. The Bertz CT molecular complexity index is 1350. The third-order valence-electron chi connectivity index (χ3n) is 5.03. The molecule has 6 N–H and O–H groups in total. The Kier molecular flexibility index (Phi) is 8.98. The maximum Gasteiger partial charge on any atom is 0.413 e. The molecule has 15 nitrogen and oxygen atoms in total. The number of nitrogens with zero attached hydrogens (tertiary/aromatic N) is 5. The molecule has 39 heavy (non-hydrogen) atoms. The molecule has 208 valence electrons. The standard InChI is InChI=1S/C24H30N8O7/c1-24(2,3)39-21(36)15(25)9-31(11-17(34)35)16(33)10-32-13-27-18-19(28-22(26)30-20(18)32)29-23(37)38-12-14-7-5-4-6-8-14/h4-8,13,15H,9-12,25H2,1-3H3,(H,34,35)(H3,26,28,29,30,37). The normalized spacial score (nSPS) is 12.0. The number of hydrogen-bond donors (Lipinski definition) is 4. The minimum Gasteiger partial charge on any atom is -0.480 e. The number of amides is 2. The number of carboxylic acids is 1. The van der Waals surface area contributed by atoms with Gasteiger partial charge >= 0.3 is 18.0 Å². The number of anilines is 2. The average Bonchev–Trinajstić information content (AvgIpc) is 3.24. The molecule has 0 radical (unpaired) electrons. The number of benzene rings is 1. The van der Waals surface area contributed by atoms with E-state index in [-0.39, 0.29) is 29.5 Å². The molecule has 0 aliphatic rings. The summed E-state index contributed by atoms with van der Waals surface area (Å²) in [5.74, 6) is -3.04. The summed E-state index contributed by atoms with van der Waals surface area (Å²) in [5, 5.41) is 11.7. The second-order valence-electron chi connectivity index (χ2n) is 9.47. The molecule has 2 aromatic heterocycles. The highest BCUT2D eigenvalue weighted by atomic mass is 16.6. The van der Waals surface area contributed by atoms with Crippen molar-refractivity contribution in [1.29, 1.82) is 0 Å². The number of carbonyl (C=O) groups is 4. The third kappa shape index (κ3) is 8.36. The third-order valence-corrected chi connectivity index (χ3v) is 5.03. The molecule has 0 fully saturated rings. The van der Waals surface area contributed by atoms with E-state index in [9.17, 15) is 24.3 Å². The molecular formula is C24H30N8O7. The van der Waals surface area contributed by atoms with Crippen molar-refractivity contribution >= 4 is 46.9 Å². The molecule has 1 unspecified atom stereocenters. The van der Waals surface area contributed by atoms with Crippen LogP contribution in [0.15, 0.2) is 36.7 Å². The van der Waals surface area contributed by atoms with Gasteiger partial charge in [0.25, 0.3) is 0 Å². The first-order valence-corrected chi connectivity index (χ1v) is 11.8. The van der Waals surface area contributed by atoms with Crippen LogP contribution >= 0.6 is 0 Å². The summed E-state index contributed by atoms with van der Waals surface area (Å²) in [6.45, 7) is 3.46. The van der Waals surface area contributed by atoms with Crippen LogP contribution in [0.1, 0.15) is 26.3 Å². The number of carbonyl (C=O) groups excluding carboxylic acids is 3. The zero-order valence-electron chi connectivity index (χ0n) is 21.7. The summed E-state index contributed by atoms with van der Waals surface area (Å²) < 4.78 is 11.7. The second kappa shape index (κ2) is 12.2. The average molecular weight is 543 g/mol. The molecule has 1 atom stereocenters. The first-order chi connectivity index (χ1) is 18.3. The van der Waals surface area contributed by atoms with Gasteiger partial charge in [-0.3, -0.25) is 19.7 Å². The number of nitrogens with one attached hydrogen (secondary N) is 1. The van der Waals surface area contributed by atoms with Gasteiger partial charge in [0.1, 0.15) is 31.3 Å². The Morgan fingerprint density at radius 2 is 1.85 bits per heavy atom. The van der Waals surface area contributed by atoms with E-state index < -0.39 is 55.2 Å². The van der Waals surface area contributed by atoms with Crippen molar-refractivity contribution in [3.8, 4) is 0 Å². The highest BCUT2D eigenvalue weighted by molar-refractivity contribution is 5.94. The second-order valence-corrected chi connectivity index (χ2v) is 9.47. The Labute approximate surface area is 223 Å². The van der Waals surface area contributed by atoms with E-state index in [0.29, 0.717) is 0 Å². The van der Waals surface area contributed by atoms with Crippen molar-refractivity contribution in [3.05, 3.63) is 42.2 Å². The van der Waals surface area contributed by atoms with Gasteiger partial charge in [0, 0.05) is 6.54 Å². The zero-order chi connectivity index (χ0) is 28.7. The highest BCUT2D eigenvalue weighted by Crippen LogP contribution is 2.20. The molecule has 0 bridgehead atoms. The summed E-state index contributed by atoms with van der Waals surface area (Å²) >= 11 is 0. The lowest BCUT2D eigenvalue weighted by Crippen LogP contribution is -2.49. The van der Waals surface area contributed by atoms with E-state index in [4.69, 9.17) is 20.9 Å². The van der Waals surface area contributed by atoms with E-state index in [1.54, 1.807) is 32.9 Å². The lowest BCUT2D eigenvalue weighted by Gasteiger charge is -2.26. The molecule has 2 amide bonds. The quantitative estimate of drug-likeness (QED) is 0.261. The monoisotopic (exact) mass is 542 g/mol. The number of carboxylic acid groups (broad SMARTS) is 1. The predicted molar refractivity (Wildman–Crippen MR) is 138 cm³/mol. The molecule has 0 saturated heterocycles. The van der Waals surface area contributed by atoms with E-state index in [0.717, 1.165) is 10.5 Å². The summed E-state index contributed by atoms with van der Waals surface area (Å²) in [6.07, 6.45) is 0.442. The molecule has 0 aliphatic heterocycles. The van der Waals surface area contributed by atoms with Crippen LogP contribution in [0.4, 0.5) is 16.6 Å². The highest BCUT2D eigenvalue weighted by Gasteiger charge is 2.28. The first kappa shape index (κ1) is 28.8. The fourth-order valence-electron chi connectivity index (χ4n) is 3.37. The van der Waals surface area contributed by atoms with Gasteiger partial charge in [0.05, 0.1) is 6.33 Å². The topological polar surface area (TPSA) is 218 Å². The first-order valence-electron chi connectivity index (χ1n) is 11.8. The fourth-order valence-corrected chi connectivity index (χ4v) is 3.37. The van der Waals surface area contributed by atoms with Crippen LogP contribution in [0.3, 0.4) is 0 Å². The SMILES string of the molecule is CC(C)(C)OC(=O)C(N)CN(CC(=O)O)C(=O)Cn1cnc2c(NC(=O)OCc3ccccc3)nc(N)nc21. The molecule has 0 saturated carbocycles. The molecule has 3 rings (SSSR count). The van der Waals surface area contributed by atoms with Crippen molar-refractivity contribution in [2.45, 2.75) is 45.6 Å². The summed E-state index contributed by atoms with van der Waals surface area (Å²) in [7, 11) is 0. The van der Waals surface area contributed by atoms with Crippen LogP contribution in [0.5, 0.6) is 0 Å². The maximum atomic E-state index is 13.0. The van der Waals surface area contributed by atoms with Crippen molar-refractivity contribution in [2.75, 3.05) is 24.1 Å². The molecule has 0 aliphatic carbocycles. The van der Waals surface area contributed by atoms with Crippen LogP contribution in [-0.4, -0.2) is 78.2 Å². The Hall–Kier alpha value is -4.79. The molecule has 3 aromatic rings. The van der Waals surface area contributed by atoms with Crippen LogP contribution in [0.25, 0.3) is 11.2 Å². The van der Waals surface area contributed by atoms with Gasteiger partial charge in [-0.15, -0.1) is 0 Å². The van der Waals surface area contributed by atoms with E-state index in [1.165, 1.54) is 10.9 Å². The van der Waals surface area contributed by atoms with Gasteiger partial charge in [0.15, 0.2) is 17.0 Å². The number of nitrogen functional groups attached to an aromatic ring is 1. The number of hydrogen-bond acceptors (Lipinski definition) is 11. The van der Waals surface area contributed by atoms with Crippen LogP contribution in [-0.2, 0) is 37.0 Å². The Morgan fingerprint density at radius 3 is 2.49 bits per heavy atom. The van der Waals surface area contributed by atoms with Gasteiger partial charge in [-0.2, -0.15) is 9.97 Å². The maximum absolute atomic E-state index is 13.0. The van der Waals surface area contributed by atoms with Crippen LogP contribution in [0.2, 0.25) is 0 Å². The fraction of sp³-hybridized carbons (Fsp3) is 0.375. The van der Waals surface area contributed by atoms with Crippen LogP contribution < -0.4 is 16.8 Å². The lowest BCUT2D eigenvalue weighted by molar-refractivity contribution is -0.158. The number of rotatable bonds is 10. The molecule has 2 heterocycles. The minimum absolute atomic E-state index is 0.0180. The predicted octanol–water partition coefficient (Wildman–Crippen LogP) is 0.739. The number of imidazole rings is 1.